The standard InChI is InChI=1S/C14H16N4OS/c1-2-15-7-10-3-5-18(8-10)9-12-16-11-4-6-20-13(11)14(19)17-12/h3-6,8,15H,2,7,9H2,1H3,(H,16,17,19). The predicted molar refractivity (Wildman–Crippen MR) is 81.2 cm³/mol. The van der Waals surface area contributed by atoms with Crippen molar-refractivity contribution in [3.05, 3.63) is 51.6 Å². The van der Waals surface area contributed by atoms with Gasteiger partial charge in [-0.3, -0.25) is 4.79 Å². The molecular weight excluding hydrogens is 272 g/mol. The number of aromatic nitrogens is 3. The molecular formula is C14H16N4OS. The molecule has 2 N–H and O–H groups in total. The Hall–Kier alpha value is -1.92. The third-order valence-corrected chi connectivity index (χ3v) is 3.99. The molecule has 0 saturated heterocycles. The van der Waals surface area contributed by atoms with Crippen LogP contribution >= 0.6 is 11.3 Å². The van der Waals surface area contributed by atoms with E-state index < -0.39 is 0 Å². The van der Waals surface area contributed by atoms with Crippen LogP contribution in [0.4, 0.5) is 0 Å². The lowest BCUT2D eigenvalue weighted by atomic mass is 10.3. The molecule has 0 spiro atoms. The highest BCUT2D eigenvalue weighted by Crippen LogP contribution is 2.14. The largest absolute Gasteiger partial charge is 0.346 e. The maximum Gasteiger partial charge on any atom is 0.268 e. The molecule has 5 nitrogen and oxygen atoms in total. The smallest absolute Gasteiger partial charge is 0.268 e. The minimum absolute atomic E-state index is 0.0555. The van der Waals surface area contributed by atoms with Crippen LogP contribution < -0.4 is 10.9 Å². The van der Waals surface area contributed by atoms with Crippen molar-refractivity contribution in [1.29, 1.82) is 0 Å². The fourth-order valence-corrected chi connectivity index (χ4v) is 2.86. The fourth-order valence-electron chi connectivity index (χ4n) is 2.13. The van der Waals surface area contributed by atoms with E-state index in [1.54, 1.807) is 0 Å². The van der Waals surface area contributed by atoms with Crippen molar-refractivity contribution in [2.24, 2.45) is 0 Å². The molecule has 0 aliphatic carbocycles. The quantitative estimate of drug-likeness (QED) is 0.754. The number of nitrogens with one attached hydrogen (secondary N) is 2. The van der Waals surface area contributed by atoms with Gasteiger partial charge in [0.15, 0.2) is 0 Å². The Kier molecular flexibility index (Phi) is 3.66. The number of fused-ring (bicyclic) bond motifs is 1. The zero-order valence-corrected chi connectivity index (χ0v) is 12.0. The zero-order valence-electron chi connectivity index (χ0n) is 11.2. The van der Waals surface area contributed by atoms with Crippen molar-refractivity contribution in [3.63, 3.8) is 0 Å². The van der Waals surface area contributed by atoms with E-state index in [4.69, 9.17) is 0 Å². The van der Waals surface area contributed by atoms with Gasteiger partial charge in [-0.05, 0) is 29.6 Å². The first-order valence-electron chi connectivity index (χ1n) is 6.58. The SMILES string of the molecule is CCNCc1ccn(Cc2nc3ccsc3c(=O)[nH]2)c1. The second-order valence-electron chi connectivity index (χ2n) is 4.62. The third kappa shape index (κ3) is 2.66. The second-order valence-corrected chi connectivity index (χ2v) is 5.54. The van der Waals surface area contributed by atoms with Crippen LogP contribution in [0.5, 0.6) is 0 Å². The summed E-state index contributed by atoms with van der Waals surface area (Å²) in [5.41, 5.74) is 1.94. The van der Waals surface area contributed by atoms with Crippen molar-refractivity contribution in [2.45, 2.75) is 20.0 Å². The van der Waals surface area contributed by atoms with Gasteiger partial charge in [0, 0.05) is 18.9 Å². The normalized spacial score (nSPS) is 11.2. The Labute approximate surface area is 120 Å². The van der Waals surface area contributed by atoms with Crippen LogP contribution in [0, 0.1) is 0 Å². The molecule has 0 atom stereocenters. The monoisotopic (exact) mass is 288 g/mol. The van der Waals surface area contributed by atoms with Crippen LogP contribution in [-0.4, -0.2) is 21.1 Å². The minimum atomic E-state index is -0.0555. The van der Waals surface area contributed by atoms with Crippen molar-refractivity contribution in [2.75, 3.05) is 6.54 Å². The lowest BCUT2D eigenvalue weighted by molar-refractivity contribution is 0.715. The van der Waals surface area contributed by atoms with Gasteiger partial charge < -0.3 is 14.9 Å². The first-order valence-corrected chi connectivity index (χ1v) is 7.46. The molecule has 0 amide bonds. The Bertz CT molecular complexity index is 771. The maximum atomic E-state index is 11.9. The molecule has 0 bridgehead atoms. The van der Waals surface area contributed by atoms with Crippen molar-refractivity contribution in [1.82, 2.24) is 19.9 Å². The summed E-state index contributed by atoms with van der Waals surface area (Å²) in [5.74, 6) is 0.687. The molecule has 3 heterocycles. The zero-order chi connectivity index (χ0) is 13.9. The summed E-state index contributed by atoms with van der Waals surface area (Å²) in [6.07, 6.45) is 4.07. The van der Waals surface area contributed by atoms with Crippen molar-refractivity contribution in [3.8, 4) is 0 Å². The Balaban J connectivity index is 1.81. The Morgan fingerprint density at radius 3 is 3.20 bits per heavy atom. The number of H-pyrrole nitrogens is 1. The highest BCUT2D eigenvalue weighted by Gasteiger charge is 2.05. The predicted octanol–water partition coefficient (Wildman–Crippen LogP) is 1.94. The van der Waals surface area contributed by atoms with Crippen LogP contribution in [0.2, 0.25) is 0 Å². The summed E-state index contributed by atoms with van der Waals surface area (Å²) in [4.78, 5) is 19.2. The molecule has 0 radical (unpaired) electrons. The molecule has 0 unspecified atom stereocenters. The maximum absolute atomic E-state index is 11.9. The lowest BCUT2D eigenvalue weighted by Crippen LogP contribution is -2.13. The van der Waals surface area contributed by atoms with E-state index in [2.05, 4.69) is 34.5 Å². The number of thiophene rings is 1. The average Bonchev–Trinajstić information content (AvgIpc) is 3.05. The number of hydrogen-bond acceptors (Lipinski definition) is 4. The molecule has 3 aromatic heterocycles. The second kappa shape index (κ2) is 5.60. The molecule has 0 aliphatic heterocycles. The van der Waals surface area contributed by atoms with E-state index in [9.17, 15) is 4.79 Å². The van der Waals surface area contributed by atoms with Gasteiger partial charge in [0.2, 0.25) is 0 Å². The fraction of sp³-hybridized carbons (Fsp3) is 0.286. The van der Waals surface area contributed by atoms with Crippen LogP contribution in [0.3, 0.4) is 0 Å². The summed E-state index contributed by atoms with van der Waals surface area (Å²) in [5, 5.41) is 5.18. The summed E-state index contributed by atoms with van der Waals surface area (Å²) in [6, 6.07) is 3.95. The molecule has 104 valence electrons. The van der Waals surface area contributed by atoms with Gasteiger partial charge in [-0.25, -0.2) is 4.98 Å². The van der Waals surface area contributed by atoms with Gasteiger partial charge in [0.25, 0.3) is 5.56 Å². The number of aromatic amines is 1. The Morgan fingerprint density at radius 1 is 1.45 bits per heavy atom. The average molecular weight is 288 g/mol. The molecule has 6 heteroatoms. The van der Waals surface area contributed by atoms with Crippen LogP contribution in [-0.2, 0) is 13.1 Å². The molecule has 0 saturated carbocycles. The van der Waals surface area contributed by atoms with E-state index >= 15 is 0 Å². The van der Waals surface area contributed by atoms with Gasteiger partial charge in [-0.1, -0.05) is 6.92 Å². The lowest BCUT2D eigenvalue weighted by Gasteiger charge is -2.03. The first kappa shape index (κ1) is 13.1. The summed E-state index contributed by atoms with van der Waals surface area (Å²) >= 11 is 1.42. The van der Waals surface area contributed by atoms with Crippen molar-refractivity contribution >= 4 is 21.6 Å². The van der Waals surface area contributed by atoms with Crippen LogP contribution in [0.15, 0.2) is 34.7 Å². The van der Waals surface area contributed by atoms with E-state index in [0.29, 0.717) is 17.1 Å². The minimum Gasteiger partial charge on any atom is -0.346 e. The number of hydrogen-bond donors (Lipinski definition) is 2. The number of nitrogens with zero attached hydrogens (tertiary/aromatic N) is 2. The highest BCUT2D eigenvalue weighted by atomic mass is 32.1. The van der Waals surface area contributed by atoms with E-state index in [1.807, 2.05) is 22.2 Å². The first-order chi connectivity index (χ1) is 9.76. The van der Waals surface area contributed by atoms with Crippen LogP contribution in [0.1, 0.15) is 18.3 Å². The topological polar surface area (TPSA) is 62.7 Å². The summed E-state index contributed by atoms with van der Waals surface area (Å²) < 4.78 is 2.72. The third-order valence-electron chi connectivity index (χ3n) is 3.09. The van der Waals surface area contributed by atoms with Gasteiger partial charge in [0.1, 0.15) is 10.5 Å². The number of rotatable bonds is 5. The van der Waals surface area contributed by atoms with Gasteiger partial charge >= 0.3 is 0 Å². The highest BCUT2D eigenvalue weighted by molar-refractivity contribution is 7.17. The van der Waals surface area contributed by atoms with E-state index in [0.717, 1.165) is 18.6 Å². The Morgan fingerprint density at radius 2 is 2.35 bits per heavy atom. The van der Waals surface area contributed by atoms with Gasteiger partial charge in [-0.15, -0.1) is 11.3 Å². The molecule has 3 aromatic rings. The van der Waals surface area contributed by atoms with E-state index in [1.165, 1.54) is 16.9 Å². The molecule has 0 aromatic carbocycles. The molecule has 3 rings (SSSR count). The van der Waals surface area contributed by atoms with Crippen LogP contribution in [0.25, 0.3) is 10.2 Å². The van der Waals surface area contributed by atoms with E-state index in [-0.39, 0.29) is 5.56 Å². The van der Waals surface area contributed by atoms with Gasteiger partial charge in [0.05, 0.1) is 12.1 Å². The molecule has 0 aliphatic rings. The molecule has 20 heavy (non-hydrogen) atoms. The molecule has 0 fully saturated rings. The van der Waals surface area contributed by atoms with Gasteiger partial charge in [-0.2, -0.15) is 0 Å². The van der Waals surface area contributed by atoms with Crippen molar-refractivity contribution < 1.29 is 0 Å². The summed E-state index contributed by atoms with van der Waals surface area (Å²) in [6.45, 7) is 4.47. The summed E-state index contributed by atoms with van der Waals surface area (Å²) in [7, 11) is 0.